The minimum absolute atomic E-state index is 0.0140. The summed E-state index contributed by atoms with van der Waals surface area (Å²) in [4.78, 5) is 3.83. The third-order valence-corrected chi connectivity index (χ3v) is 5.31. The zero-order valence-corrected chi connectivity index (χ0v) is 17.2. The molecule has 2 atom stereocenters. The van der Waals surface area contributed by atoms with Gasteiger partial charge in [-0.1, -0.05) is 18.1 Å². The lowest BCUT2D eigenvalue weighted by Crippen LogP contribution is -2.38. The van der Waals surface area contributed by atoms with Crippen LogP contribution < -0.4 is 4.74 Å². The first-order chi connectivity index (χ1) is 15.8. The summed E-state index contributed by atoms with van der Waals surface area (Å²) in [5.74, 6) is -2.37. The first-order valence-electron chi connectivity index (χ1n) is 9.78. The first-order valence-corrected chi connectivity index (χ1v) is 9.78. The van der Waals surface area contributed by atoms with Gasteiger partial charge >= 0.3 is 6.61 Å². The van der Waals surface area contributed by atoms with Crippen LogP contribution in [0.15, 0.2) is 65.7 Å². The molecular formula is C22H18F4N4O3. The fourth-order valence-electron chi connectivity index (χ4n) is 3.53. The van der Waals surface area contributed by atoms with Crippen LogP contribution in [0.25, 0.3) is 11.3 Å². The second kappa shape index (κ2) is 9.02. The number of aromatic nitrogens is 4. The molecule has 11 heteroatoms. The molecule has 1 N–H and O–H groups in total. The number of aliphatic hydroxyl groups is 1. The van der Waals surface area contributed by atoms with E-state index in [0.29, 0.717) is 17.3 Å². The molecule has 0 aliphatic heterocycles. The third-order valence-electron chi connectivity index (χ3n) is 5.31. The largest absolute Gasteiger partial charge is 0.435 e. The molecule has 33 heavy (non-hydrogen) atoms. The molecule has 0 amide bonds. The minimum Gasteiger partial charge on any atom is -0.435 e. The van der Waals surface area contributed by atoms with Crippen molar-refractivity contribution in [2.45, 2.75) is 31.6 Å². The van der Waals surface area contributed by atoms with Crippen molar-refractivity contribution in [1.29, 1.82) is 0 Å². The lowest BCUT2D eigenvalue weighted by Gasteiger charge is -2.33. The standard InChI is InChI=1S/C22H18F4N4O3/c1-13(20-9-19(29-33-20)14-2-5-16(6-3-14)32-21(25)26)22(31,10-30-12-27-11-28-30)17-7-4-15(23)8-18(17)24/h2-9,11-13,21,31H,10H2,1H3/t13-,22+/m0/s1. The van der Waals surface area contributed by atoms with E-state index in [2.05, 4.69) is 20.0 Å². The summed E-state index contributed by atoms with van der Waals surface area (Å²) in [6, 6.07) is 10.2. The van der Waals surface area contributed by atoms with Gasteiger partial charge in [0.1, 0.15) is 47.1 Å². The molecule has 0 unspecified atom stereocenters. The normalized spacial score (nSPS) is 14.3. The van der Waals surface area contributed by atoms with Crippen molar-refractivity contribution in [2.24, 2.45) is 0 Å². The van der Waals surface area contributed by atoms with Gasteiger partial charge in [-0.2, -0.15) is 13.9 Å². The Hall–Kier alpha value is -3.73. The monoisotopic (exact) mass is 462 g/mol. The Kier molecular flexibility index (Phi) is 6.14. The Morgan fingerprint density at radius 1 is 1.12 bits per heavy atom. The number of hydrogen-bond donors (Lipinski definition) is 1. The van der Waals surface area contributed by atoms with Crippen LogP contribution in [0.1, 0.15) is 24.2 Å². The van der Waals surface area contributed by atoms with Crippen molar-refractivity contribution in [3.63, 3.8) is 0 Å². The van der Waals surface area contributed by atoms with Gasteiger partial charge in [-0.3, -0.25) is 0 Å². The molecule has 0 bridgehead atoms. The highest BCUT2D eigenvalue weighted by atomic mass is 19.3. The smallest absolute Gasteiger partial charge is 0.387 e. The van der Waals surface area contributed by atoms with Gasteiger partial charge in [-0.05, 0) is 30.3 Å². The Balaban J connectivity index is 1.67. The van der Waals surface area contributed by atoms with Gasteiger partial charge in [0, 0.05) is 23.3 Å². The molecule has 2 aromatic heterocycles. The fraction of sp³-hybridized carbons (Fsp3) is 0.227. The molecule has 2 heterocycles. The molecule has 0 aliphatic carbocycles. The van der Waals surface area contributed by atoms with Crippen molar-refractivity contribution in [3.05, 3.63) is 84.1 Å². The first kappa shape index (κ1) is 22.5. The number of ether oxygens (including phenoxy) is 1. The van der Waals surface area contributed by atoms with Gasteiger partial charge in [-0.25, -0.2) is 18.4 Å². The zero-order valence-electron chi connectivity index (χ0n) is 17.2. The molecule has 0 radical (unpaired) electrons. The second-order valence-electron chi connectivity index (χ2n) is 7.38. The predicted molar refractivity (Wildman–Crippen MR) is 107 cm³/mol. The highest BCUT2D eigenvalue weighted by molar-refractivity contribution is 5.60. The average molecular weight is 462 g/mol. The van der Waals surface area contributed by atoms with Gasteiger partial charge in [0.15, 0.2) is 0 Å². The van der Waals surface area contributed by atoms with Crippen LogP contribution in [-0.2, 0) is 12.1 Å². The van der Waals surface area contributed by atoms with E-state index in [1.54, 1.807) is 13.0 Å². The third kappa shape index (κ3) is 4.72. The van der Waals surface area contributed by atoms with E-state index < -0.39 is 29.8 Å². The summed E-state index contributed by atoms with van der Waals surface area (Å²) < 4.78 is 63.9. The predicted octanol–water partition coefficient (Wildman–Crippen LogP) is 4.50. The Morgan fingerprint density at radius 3 is 2.52 bits per heavy atom. The van der Waals surface area contributed by atoms with E-state index in [1.165, 1.54) is 41.6 Å². The van der Waals surface area contributed by atoms with E-state index in [1.807, 2.05) is 0 Å². The van der Waals surface area contributed by atoms with Crippen LogP contribution >= 0.6 is 0 Å². The lowest BCUT2D eigenvalue weighted by molar-refractivity contribution is -0.0498. The molecule has 2 aromatic carbocycles. The van der Waals surface area contributed by atoms with E-state index >= 15 is 0 Å². The van der Waals surface area contributed by atoms with Crippen molar-refractivity contribution in [3.8, 4) is 17.0 Å². The van der Waals surface area contributed by atoms with Gasteiger partial charge in [0.05, 0.1) is 12.5 Å². The number of benzene rings is 2. The second-order valence-corrected chi connectivity index (χ2v) is 7.38. The van der Waals surface area contributed by atoms with Crippen LogP contribution in [0.4, 0.5) is 17.6 Å². The van der Waals surface area contributed by atoms with Crippen LogP contribution in [0.2, 0.25) is 0 Å². The molecule has 0 saturated heterocycles. The summed E-state index contributed by atoms with van der Waals surface area (Å²) in [6.07, 6.45) is 2.62. The van der Waals surface area contributed by atoms with Gasteiger partial charge in [-0.15, -0.1) is 0 Å². The minimum atomic E-state index is -2.94. The fourth-order valence-corrected chi connectivity index (χ4v) is 3.53. The maximum absolute atomic E-state index is 14.7. The molecule has 4 rings (SSSR count). The zero-order chi connectivity index (χ0) is 23.6. The van der Waals surface area contributed by atoms with Gasteiger partial charge in [0.25, 0.3) is 0 Å². The molecule has 4 aromatic rings. The molecule has 0 spiro atoms. The van der Waals surface area contributed by atoms with Gasteiger partial charge < -0.3 is 14.4 Å². The molecule has 0 aliphatic rings. The van der Waals surface area contributed by atoms with Crippen LogP contribution in [0.5, 0.6) is 5.75 Å². The van der Waals surface area contributed by atoms with Crippen molar-refractivity contribution in [1.82, 2.24) is 19.9 Å². The molecule has 0 fully saturated rings. The van der Waals surface area contributed by atoms with E-state index in [4.69, 9.17) is 4.52 Å². The van der Waals surface area contributed by atoms with Crippen molar-refractivity contribution < 1.29 is 31.9 Å². The number of nitrogens with zero attached hydrogens (tertiary/aromatic N) is 4. The summed E-state index contributed by atoms with van der Waals surface area (Å²) in [5.41, 5.74) is -1.15. The molecular weight excluding hydrogens is 444 g/mol. The average Bonchev–Trinajstić information content (AvgIpc) is 3.45. The van der Waals surface area contributed by atoms with Crippen molar-refractivity contribution >= 4 is 0 Å². The summed E-state index contributed by atoms with van der Waals surface area (Å²) in [6.45, 7) is -1.54. The van der Waals surface area contributed by atoms with E-state index in [9.17, 15) is 22.7 Å². The SMILES string of the molecule is C[C@@H](c1cc(-c2ccc(OC(F)F)cc2)no1)[C@](O)(Cn1cncn1)c1ccc(F)cc1F. The van der Waals surface area contributed by atoms with Gasteiger partial charge in [0.2, 0.25) is 0 Å². The molecule has 172 valence electrons. The highest BCUT2D eigenvalue weighted by Crippen LogP contribution is 2.40. The number of rotatable bonds is 8. The maximum atomic E-state index is 14.7. The van der Waals surface area contributed by atoms with E-state index in [-0.39, 0.29) is 23.6 Å². The Morgan fingerprint density at radius 2 is 1.88 bits per heavy atom. The number of halogens is 4. The van der Waals surface area contributed by atoms with Crippen molar-refractivity contribution in [2.75, 3.05) is 0 Å². The topological polar surface area (TPSA) is 86.2 Å². The van der Waals surface area contributed by atoms with Crippen LogP contribution in [-0.4, -0.2) is 31.6 Å². The number of hydrogen-bond acceptors (Lipinski definition) is 6. The highest BCUT2D eigenvalue weighted by Gasteiger charge is 2.42. The summed E-state index contributed by atoms with van der Waals surface area (Å²) in [7, 11) is 0. The van der Waals surface area contributed by atoms with E-state index in [0.717, 1.165) is 12.1 Å². The Bertz CT molecular complexity index is 1210. The van der Waals surface area contributed by atoms with Crippen LogP contribution in [0.3, 0.4) is 0 Å². The molecule has 0 saturated carbocycles. The number of alkyl halides is 2. The lowest BCUT2D eigenvalue weighted by atomic mass is 9.80. The van der Waals surface area contributed by atoms with Crippen LogP contribution in [0, 0.1) is 11.6 Å². The molecule has 7 nitrogen and oxygen atoms in total. The summed E-state index contributed by atoms with van der Waals surface area (Å²) >= 11 is 0. The summed E-state index contributed by atoms with van der Waals surface area (Å²) in [5, 5.41) is 19.6. The Labute approximate surface area is 185 Å². The maximum Gasteiger partial charge on any atom is 0.387 e. The quantitative estimate of drug-likeness (QED) is 0.388.